The summed E-state index contributed by atoms with van der Waals surface area (Å²) >= 11 is 0. The minimum Gasteiger partial charge on any atom is -0.296 e. The van der Waals surface area contributed by atoms with Crippen molar-refractivity contribution in [3.05, 3.63) is 170 Å². The molecule has 0 aliphatic carbocycles. The average Bonchev–Trinajstić information content (AvgIpc) is 3.57. The molecular weight excluding hydrogens is 597 g/mol. The van der Waals surface area contributed by atoms with Crippen molar-refractivity contribution in [1.29, 1.82) is 0 Å². The van der Waals surface area contributed by atoms with Gasteiger partial charge >= 0.3 is 0 Å². The molecule has 4 nitrogen and oxygen atoms in total. The maximum atomic E-state index is 5.24. The number of nitrogens with zero attached hydrogens (tertiary/aromatic N) is 4. The number of hydrogen-bond acceptors (Lipinski definition) is 3. The van der Waals surface area contributed by atoms with Crippen molar-refractivity contribution in [2.24, 2.45) is 0 Å². The number of rotatable bonds is 6. The molecule has 232 valence electrons. The van der Waals surface area contributed by atoms with E-state index in [2.05, 4.69) is 163 Å². The lowest BCUT2D eigenvalue weighted by Crippen LogP contribution is -2.02. The fourth-order valence-electron chi connectivity index (χ4n) is 7.01. The van der Waals surface area contributed by atoms with Gasteiger partial charge in [-0.3, -0.25) is 4.57 Å². The predicted molar refractivity (Wildman–Crippen MR) is 203 cm³/mol. The maximum absolute atomic E-state index is 5.24. The highest BCUT2D eigenvalue weighted by Crippen LogP contribution is 2.39. The van der Waals surface area contributed by atoms with E-state index in [-0.39, 0.29) is 0 Å². The van der Waals surface area contributed by atoms with Crippen molar-refractivity contribution in [3.8, 4) is 50.7 Å². The highest BCUT2D eigenvalue weighted by atomic mass is 15.1. The monoisotopic (exact) mass is 628 g/mol. The van der Waals surface area contributed by atoms with E-state index in [1.165, 1.54) is 27.1 Å². The minimum absolute atomic E-state index is 0.677. The predicted octanol–water partition coefficient (Wildman–Crippen LogP) is 11.4. The van der Waals surface area contributed by atoms with Crippen LogP contribution in [0.5, 0.6) is 0 Å². The van der Waals surface area contributed by atoms with Crippen molar-refractivity contribution < 1.29 is 0 Å². The summed E-state index contributed by atoms with van der Waals surface area (Å²) in [5.74, 6) is 1.69. The summed E-state index contributed by atoms with van der Waals surface area (Å²) < 4.78 is 2.30. The molecule has 0 aliphatic rings. The number of fused-ring (bicyclic) bond motifs is 4. The SMILES string of the molecule is CCc1nc2ccccc2n1-c1cc(-c2nc(-c3ccccc3)cc(-c3ccccc3)n2)cc(-c2cc3ccccc3c3ccccc23)c1. The molecule has 0 bridgehead atoms. The minimum atomic E-state index is 0.677. The van der Waals surface area contributed by atoms with Gasteiger partial charge in [-0.25, -0.2) is 15.0 Å². The van der Waals surface area contributed by atoms with Gasteiger partial charge in [-0.2, -0.15) is 0 Å². The first-order valence-electron chi connectivity index (χ1n) is 16.8. The molecule has 9 rings (SSSR count). The Balaban J connectivity index is 1.36. The third-order valence-corrected chi connectivity index (χ3v) is 9.32. The third-order valence-electron chi connectivity index (χ3n) is 9.32. The molecular formula is C45H32N4. The number of benzene rings is 7. The number of aromatic nitrogens is 4. The van der Waals surface area contributed by atoms with E-state index in [1.54, 1.807) is 0 Å². The van der Waals surface area contributed by atoms with Gasteiger partial charge in [0.1, 0.15) is 5.82 Å². The van der Waals surface area contributed by atoms with Gasteiger partial charge < -0.3 is 0 Å². The lowest BCUT2D eigenvalue weighted by Gasteiger charge is -2.16. The zero-order chi connectivity index (χ0) is 32.7. The first-order valence-corrected chi connectivity index (χ1v) is 16.8. The topological polar surface area (TPSA) is 43.6 Å². The quantitative estimate of drug-likeness (QED) is 0.172. The molecule has 2 aromatic heterocycles. The van der Waals surface area contributed by atoms with Crippen molar-refractivity contribution in [2.75, 3.05) is 0 Å². The van der Waals surface area contributed by atoms with E-state index in [1.807, 2.05) is 12.1 Å². The van der Waals surface area contributed by atoms with E-state index in [9.17, 15) is 0 Å². The van der Waals surface area contributed by atoms with Gasteiger partial charge in [0.25, 0.3) is 0 Å². The first-order chi connectivity index (χ1) is 24.2. The van der Waals surface area contributed by atoms with E-state index in [4.69, 9.17) is 15.0 Å². The summed E-state index contributed by atoms with van der Waals surface area (Å²) in [5, 5.41) is 4.90. The summed E-state index contributed by atoms with van der Waals surface area (Å²) in [6.07, 6.45) is 0.797. The molecule has 0 saturated carbocycles. The summed E-state index contributed by atoms with van der Waals surface area (Å²) in [4.78, 5) is 15.5. The Morgan fingerprint density at radius 1 is 0.469 bits per heavy atom. The van der Waals surface area contributed by atoms with E-state index in [0.717, 1.165) is 62.6 Å². The summed E-state index contributed by atoms with van der Waals surface area (Å²) in [6, 6.07) is 57.6. The first kappa shape index (κ1) is 28.8. The van der Waals surface area contributed by atoms with Crippen LogP contribution >= 0.6 is 0 Å². The van der Waals surface area contributed by atoms with Crippen LogP contribution in [0.3, 0.4) is 0 Å². The largest absolute Gasteiger partial charge is 0.296 e. The second-order valence-electron chi connectivity index (χ2n) is 12.4. The van der Waals surface area contributed by atoms with Gasteiger partial charge in [0.05, 0.1) is 22.4 Å². The lowest BCUT2D eigenvalue weighted by atomic mass is 9.92. The normalized spacial score (nSPS) is 11.4. The van der Waals surface area contributed by atoms with Crippen LogP contribution in [0.2, 0.25) is 0 Å². The number of aryl methyl sites for hydroxylation is 1. The third kappa shape index (κ3) is 5.15. The van der Waals surface area contributed by atoms with Gasteiger partial charge in [0.2, 0.25) is 0 Å². The Morgan fingerprint density at radius 3 is 1.78 bits per heavy atom. The van der Waals surface area contributed by atoms with E-state index >= 15 is 0 Å². The molecule has 0 unspecified atom stereocenters. The van der Waals surface area contributed by atoms with Gasteiger partial charge in [0.15, 0.2) is 5.82 Å². The highest BCUT2D eigenvalue weighted by molar-refractivity contribution is 6.14. The van der Waals surface area contributed by atoms with Gasteiger partial charge in [-0.15, -0.1) is 0 Å². The Kier molecular flexibility index (Phi) is 7.06. The molecule has 7 aromatic carbocycles. The molecule has 0 aliphatic heterocycles. The second kappa shape index (κ2) is 12.0. The van der Waals surface area contributed by atoms with Crippen LogP contribution in [0, 0.1) is 0 Å². The van der Waals surface area contributed by atoms with Crippen LogP contribution in [0.15, 0.2) is 164 Å². The van der Waals surface area contributed by atoms with E-state index in [0.29, 0.717) is 5.82 Å². The fraction of sp³-hybridized carbons (Fsp3) is 0.0444. The van der Waals surface area contributed by atoms with Crippen LogP contribution in [0.4, 0.5) is 0 Å². The zero-order valence-electron chi connectivity index (χ0n) is 27.1. The summed E-state index contributed by atoms with van der Waals surface area (Å²) in [6.45, 7) is 2.16. The molecule has 0 atom stereocenters. The van der Waals surface area contributed by atoms with Gasteiger partial charge in [-0.05, 0) is 75.1 Å². The highest BCUT2D eigenvalue weighted by Gasteiger charge is 2.18. The molecule has 0 N–H and O–H groups in total. The Hall–Kier alpha value is -6.39. The molecule has 9 aromatic rings. The second-order valence-corrected chi connectivity index (χ2v) is 12.4. The Bertz CT molecular complexity index is 2580. The summed E-state index contributed by atoms with van der Waals surface area (Å²) in [7, 11) is 0. The smallest absolute Gasteiger partial charge is 0.160 e. The zero-order valence-corrected chi connectivity index (χ0v) is 27.1. The number of imidazole rings is 1. The van der Waals surface area contributed by atoms with Crippen LogP contribution in [0.1, 0.15) is 12.7 Å². The molecule has 0 amide bonds. The Morgan fingerprint density at radius 2 is 1.06 bits per heavy atom. The molecule has 0 spiro atoms. The van der Waals surface area contributed by atoms with Gasteiger partial charge in [0, 0.05) is 28.8 Å². The maximum Gasteiger partial charge on any atom is 0.160 e. The van der Waals surface area contributed by atoms with Crippen LogP contribution in [-0.4, -0.2) is 19.5 Å². The molecule has 0 fully saturated rings. The standard InChI is InChI=1S/C45H32N4/c1-2-44-46-40-23-13-14-24-43(40)49(44)35-26-33(39-28-32-19-9-10-20-36(32)37-21-11-12-22-38(37)39)25-34(27-35)45-47-41(30-15-5-3-6-16-30)29-42(48-45)31-17-7-4-8-18-31/h3-29H,2H2,1H3. The molecule has 2 heterocycles. The van der Waals surface area contributed by atoms with Crippen LogP contribution in [0.25, 0.3) is 83.3 Å². The average molecular weight is 629 g/mol. The molecule has 0 saturated heterocycles. The van der Waals surface area contributed by atoms with Crippen molar-refractivity contribution >= 4 is 32.6 Å². The molecule has 0 radical (unpaired) electrons. The lowest BCUT2D eigenvalue weighted by molar-refractivity contribution is 0.908. The fourth-order valence-corrected chi connectivity index (χ4v) is 7.01. The van der Waals surface area contributed by atoms with Crippen molar-refractivity contribution in [2.45, 2.75) is 13.3 Å². The molecule has 49 heavy (non-hydrogen) atoms. The number of para-hydroxylation sites is 2. The summed E-state index contributed by atoms with van der Waals surface area (Å²) in [5.41, 5.74) is 10.2. The van der Waals surface area contributed by atoms with E-state index < -0.39 is 0 Å². The van der Waals surface area contributed by atoms with Crippen LogP contribution < -0.4 is 0 Å². The van der Waals surface area contributed by atoms with Crippen LogP contribution in [-0.2, 0) is 6.42 Å². The number of hydrogen-bond donors (Lipinski definition) is 0. The van der Waals surface area contributed by atoms with Gasteiger partial charge in [-0.1, -0.05) is 128 Å². The molecule has 4 heteroatoms. The Labute approximate surface area is 285 Å². The van der Waals surface area contributed by atoms with Crippen molar-refractivity contribution in [3.63, 3.8) is 0 Å². The van der Waals surface area contributed by atoms with Crippen molar-refractivity contribution in [1.82, 2.24) is 19.5 Å².